The first kappa shape index (κ1) is 13.6. The van der Waals surface area contributed by atoms with Gasteiger partial charge >= 0.3 is 0 Å². The molecule has 0 unspecified atom stereocenters. The molecule has 0 saturated heterocycles. The van der Waals surface area contributed by atoms with Gasteiger partial charge in [0.25, 0.3) is 0 Å². The van der Waals surface area contributed by atoms with Crippen LogP contribution >= 0.6 is 0 Å². The molecule has 1 aromatic rings. The number of rotatable bonds is 6. The number of nitrogens with zero attached hydrogens (tertiary/aromatic N) is 1. The number of benzene rings is 1. The Morgan fingerprint density at radius 1 is 1.35 bits per heavy atom. The molecule has 17 heavy (non-hydrogen) atoms. The second-order valence-corrected chi connectivity index (χ2v) is 5.37. The normalized spacial score (nSPS) is 11.1. The monoisotopic (exact) mass is 254 g/mol. The number of sulfonamides is 1. The van der Waals surface area contributed by atoms with Crippen molar-refractivity contribution >= 4 is 10.0 Å². The van der Waals surface area contributed by atoms with Gasteiger partial charge in [-0.1, -0.05) is 12.1 Å². The van der Waals surface area contributed by atoms with E-state index in [1.54, 1.807) is 24.3 Å². The fourth-order valence-electron chi connectivity index (χ4n) is 1.16. The van der Waals surface area contributed by atoms with E-state index in [4.69, 9.17) is 10.00 Å². The molecule has 1 rings (SSSR count). The minimum Gasteiger partial charge on any atom is -0.384 e. The van der Waals surface area contributed by atoms with E-state index in [9.17, 15) is 8.42 Å². The van der Waals surface area contributed by atoms with Crippen LogP contribution < -0.4 is 4.72 Å². The lowest BCUT2D eigenvalue weighted by Gasteiger charge is -2.06. The highest BCUT2D eigenvalue weighted by atomic mass is 32.2. The summed E-state index contributed by atoms with van der Waals surface area (Å²) in [4.78, 5) is 0. The lowest BCUT2D eigenvalue weighted by Crippen LogP contribution is -2.27. The molecular formula is C11H14N2O3S. The standard InChI is InChI=1S/C11H14N2O3S/c1-16-6-7-17(14,15)13-9-11-4-2-10(8-12)3-5-11/h2-5,13H,6-7,9H2,1H3. The molecule has 0 aliphatic heterocycles. The first-order valence-electron chi connectivity index (χ1n) is 5.03. The first-order valence-corrected chi connectivity index (χ1v) is 6.68. The molecule has 6 heteroatoms. The van der Waals surface area contributed by atoms with Crippen LogP contribution in [0.5, 0.6) is 0 Å². The van der Waals surface area contributed by atoms with Crippen LogP contribution in [0.2, 0.25) is 0 Å². The maximum atomic E-state index is 11.4. The summed E-state index contributed by atoms with van der Waals surface area (Å²) in [5.74, 6) is -0.0558. The Labute approximate surface area is 101 Å². The minimum atomic E-state index is -3.30. The molecule has 0 aromatic heterocycles. The zero-order valence-electron chi connectivity index (χ0n) is 9.51. The van der Waals surface area contributed by atoms with Crippen molar-refractivity contribution in [1.82, 2.24) is 4.72 Å². The van der Waals surface area contributed by atoms with Gasteiger partial charge in [0, 0.05) is 13.7 Å². The van der Waals surface area contributed by atoms with Crippen molar-refractivity contribution in [2.45, 2.75) is 6.54 Å². The van der Waals surface area contributed by atoms with Crippen molar-refractivity contribution in [2.75, 3.05) is 19.5 Å². The zero-order valence-corrected chi connectivity index (χ0v) is 10.3. The van der Waals surface area contributed by atoms with Gasteiger partial charge in [0.1, 0.15) is 0 Å². The molecule has 0 bridgehead atoms. The van der Waals surface area contributed by atoms with E-state index in [2.05, 4.69) is 4.72 Å². The molecule has 1 N–H and O–H groups in total. The van der Waals surface area contributed by atoms with Gasteiger partial charge in [-0.2, -0.15) is 5.26 Å². The van der Waals surface area contributed by atoms with Crippen LogP contribution in [0.15, 0.2) is 24.3 Å². The summed E-state index contributed by atoms with van der Waals surface area (Å²) < 4.78 is 30.0. The number of ether oxygens (including phenoxy) is 1. The Bertz CT molecular complexity index is 488. The predicted molar refractivity (Wildman–Crippen MR) is 63.7 cm³/mol. The Morgan fingerprint density at radius 2 is 2.00 bits per heavy atom. The summed E-state index contributed by atoms with van der Waals surface area (Å²) in [6.45, 7) is 0.389. The summed E-state index contributed by atoms with van der Waals surface area (Å²) >= 11 is 0. The second kappa shape index (κ2) is 6.35. The Kier molecular flexibility index (Phi) is 5.10. The maximum absolute atomic E-state index is 11.4. The molecule has 5 nitrogen and oxygen atoms in total. The molecule has 0 aliphatic rings. The summed E-state index contributed by atoms with van der Waals surface area (Å²) in [6, 6.07) is 8.74. The number of hydrogen-bond acceptors (Lipinski definition) is 4. The SMILES string of the molecule is COCCS(=O)(=O)NCc1ccc(C#N)cc1. The summed E-state index contributed by atoms with van der Waals surface area (Å²) in [5.41, 5.74) is 1.36. The van der Waals surface area contributed by atoms with Crippen molar-refractivity contribution in [3.05, 3.63) is 35.4 Å². The quantitative estimate of drug-likeness (QED) is 0.807. The van der Waals surface area contributed by atoms with Crippen LogP contribution in [0.3, 0.4) is 0 Å². The van der Waals surface area contributed by atoms with Crippen LogP contribution in [0.25, 0.3) is 0 Å². The zero-order chi connectivity index (χ0) is 12.7. The van der Waals surface area contributed by atoms with Crippen molar-refractivity contribution in [3.63, 3.8) is 0 Å². The Balaban J connectivity index is 2.53. The lowest BCUT2D eigenvalue weighted by molar-refractivity contribution is 0.217. The molecular weight excluding hydrogens is 240 g/mol. The third-order valence-corrected chi connectivity index (χ3v) is 3.42. The minimum absolute atomic E-state index is 0.0558. The number of nitriles is 1. The largest absolute Gasteiger partial charge is 0.384 e. The molecule has 0 fully saturated rings. The van der Waals surface area contributed by atoms with Crippen LogP contribution in [-0.4, -0.2) is 27.9 Å². The van der Waals surface area contributed by atoms with E-state index in [-0.39, 0.29) is 18.9 Å². The molecule has 0 spiro atoms. The summed E-state index contributed by atoms with van der Waals surface area (Å²) in [7, 11) is -1.84. The van der Waals surface area contributed by atoms with Gasteiger partial charge in [-0.15, -0.1) is 0 Å². The molecule has 0 radical (unpaired) electrons. The molecule has 1 aromatic carbocycles. The highest BCUT2D eigenvalue weighted by Crippen LogP contribution is 2.03. The molecule has 0 aliphatic carbocycles. The van der Waals surface area contributed by atoms with E-state index in [1.165, 1.54) is 7.11 Å². The predicted octanol–water partition coefficient (Wildman–Crippen LogP) is 0.624. The van der Waals surface area contributed by atoms with E-state index in [0.717, 1.165) is 5.56 Å². The van der Waals surface area contributed by atoms with Gasteiger partial charge in [-0.3, -0.25) is 0 Å². The number of hydrogen-bond donors (Lipinski definition) is 1. The van der Waals surface area contributed by atoms with Gasteiger partial charge in [0.2, 0.25) is 10.0 Å². The van der Waals surface area contributed by atoms with Crippen LogP contribution in [0.4, 0.5) is 0 Å². The molecule has 0 amide bonds. The van der Waals surface area contributed by atoms with Crippen LogP contribution in [0.1, 0.15) is 11.1 Å². The van der Waals surface area contributed by atoms with Gasteiger partial charge in [-0.25, -0.2) is 13.1 Å². The molecule has 0 atom stereocenters. The van der Waals surface area contributed by atoms with E-state index < -0.39 is 10.0 Å². The highest BCUT2D eigenvalue weighted by Gasteiger charge is 2.08. The first-order chi connectivity index (χ1) is 8.07. The highest BCUT2D eigenvalue weighted by molar-refractivity contribution is 7.89. The number of methoxy groups -OCH3 is 1. The van der Waals surface area contributed by atoms with Crippen molar-refractivity contribution in [2.24, 2.45) is 0 Å². The molecule has 0 heterocycles. The van der Waals surface area contributed by atoms with Gasteiger partial charge in [0.05, 0.1) is 24.0 Å². The van der Waals surface area contributed by atoms with Gasteiger partial charge < -0.3 is 4.74 Å². The topological polar surface area (TPSA) is 79.2 Å². The fourth-order valence-corrected chi connectivity index (χ4v) is 2.07. The van der Waals surface area contributed by atoms with E-state index in [0.29, 0.717) is 5.56 Å². The van der Waals surface area contributed by atoms with Gasteiger partial charge in [0.15, 0.2) is 0 Å². The lowest BCUT2D eigenvalue weighted by atomic mass is 10.1. The third-order valence-electron chi connectivity index (χ3n) is 2.14. The van der Waals surface area contributed by atoms with E-state index in [1.807, 2.05) is 6.07 Å². The Hall–Kier alpha value is -1.42. The van der Waals surface area contributed by atoms with Crippen molar-refractivity contribution < 1.29 is 13.2 Å². The average Bonchev–Trinajstić information content (AvgIpc) is 2.35. The van der Waals surface area contributed by atoms with Crippen LogP contribution in [0, 0.1) is 11.3 Å². The van der Waals surface area contributed by atoms with E-state index >= 15 is 0 Å². The van der Waals surface area contributed by atoms with Crippen LogP contribution in [-0.2, 0) is 21.3 Å². The van der Waals surface area contributed by atoms with Gasteiger partial charge in [-0.05, 0) is 17.7 Å². The third kappa shape index (κ3) is 4.95. The fraction of sp³-hybridized carbons (Fsp3) is 0.364. The molecule has 92 valence electrons. The van der Waals surface area contributed by atoms with Crippen molar-refractivity contribution in [1.29, 1.82) is 5.26 Å². The smallest absolute Gasteiger partial charge is 0.214 e. The number of nitrogens with one attached hydrogen (secondary N) is 1. The molecule has 0 saturated carbocycles. The Morgan fingerprint density at radius 3 is 2.53 bits per heavy atom. The van der Waals surface area contributed by atoms with Crippen molar-refractivity contribution in [3.8, 4) is 6.07 Å². The average molecular weight is 254 g/mol. The maximum Gasteiger partial charge on any atom is 0.214 e. The second-order valence-electron chi connectivity index (χ2n) is 3.44. The summed E-state index contributed by atoms with van der Waals surface area (Å²) in [6.07, 6.45) is 0. The summed E-state index contributed by atoms with van der Waals surface area (Å²) in [5, 5.41) is 8.61.